The second-order valence-corrected chi connectivity index (χ2v) is 1.70. The van der Waals surface area contributed by atoms with Crippen molar-refractivity contribution < 1.29 is 4.79 Å². The van der Waals surface area contributed by atoms with Crippen molar-refractivity contribution in [1.29, 1.82) is 5.41 Å². The summed E-state index contributed by atoms with van der Waals surface area (Å²) in [7, 11) is 0. The minimum Gasteiger partial charge on any atom is -0.296 e. The number of carbonyl (C=O) groups excluding carboxylic acids is 1. The van der Waals surface area contributed by atoms with Crippen molar-refractivity contribution in [3.05, 3.63) is 12.7 Å². The summed E-state index contributed by atoms with van der Waals surface area (Å²) in [6, 6.07) is -0.474. The molecule has 0 aliphatic rings. The molecule has 1 rings (SSSR count). The average Bonchev–Trinajstić information content (AvgIpc) is 2.56. The number of rotatable bonds is 2. The lowest BCUT2D eigenvalue weighted by Gasteiger charge is -1.94. The van der Waals surface area contributed by atoms with Crippen molar-refractivity contribution in [3.63, 3.8) is 0 Å². The van der Waals surface area contributed by atoms with E-state index in [4.69, 9.17) is 5.41 Å². The fourth-order valence-corrected chi connectivity index (χ4v) is 0.509. The molecule has 0 atom stereocenters. The topological polar surface area (TPSA) is 96.0 Å². The first-order valence-electron chi connectivity index (χ1n) is 3.00. The lowest BCUT2D eigenvalue weighted by atomic mass is 10.9. The van der Waals surface area contributed by atoms with Crippen molar-refractivity contribution in [3.8, 4) is 0 Å². The number of aromatic nitrogens is 3. The Morgan fingerprint density at radius 3 is 3.17 bits per heavy atom. The van der Waals surface area contributed by atoms with Crippen molar-refractivity contribution in [2.75, 3.05) is 0 Å². The lowest BCUT2D eigenvalue weighted by molar-refractivity contribution is 0.244. The van der Waals surface area contributed by atoms with E-state index in [-0.39, 0.29) is 0 Å². The van der Waals surface area contributed by atoms with Gasteiger partial charge < -0.3 is 0 Å². The molecule has 1 heterocycles. The zero-order chi connectivity index (χ0) is 8.81. The van der Waals surface area contributed by atoms with Crippen LogP contribution in [-0.2, 0) is 0 Å². The highest BCUT2D eigenvalue weighted by Crippen LogP contribution is 1.76. The van der Waals surface area contributed by atoms with Crippen LogP contribution >= 0.6 is 0 Å². The number of hydrogen-bond acceptors (Lipinski definition) is 4. The molecule has 1 amide bonds. The van der Waals surface area contributed by atoms with Crippen LogP contribution in [0, 0.1) is 5.41 Å². The van der Waals surface area contributed by atoms with Gasteiger partial charge in [-0.15, -0.1) is 0 Å². The molecule has 0 radical (unpaired) electrons. The molecule has 1 aromatic heterocycles. The van der Waals surface area contributed by atoms with Crippen molar-refractivity contribution in [2.45, 2.75) is 0 Å². The smallest absolute Gasteiger partial charge is 0.296 e. The van der Waals surface area contributed by atoms with E-state index in [2.05, 4.69) is 20.4 Å². The Labute approximate surface area is 67.6 Å². The molecule has 7 heteroatoms. The molecular weight excluding hydrogens is 160 g/mol. The molecule has 0 aliphatic heterocycles. The second-order valence-electron chi connectivity index (χ2n) is 1.70. The van der Waals surface area contributed by atoms with Gasteiger partial charge in [0.05, 0.1) is 6.34 Å². The molecule has 2 N–H and O–H groups in total. The fraction of sp³-hybridized carbons (Fsp3) is 0. The quantitative estimate of drug-likeness (QED) is 0.456. The molecule has 0 bridgehead atoms. The van der Waals surface area contributed by atoms with Crippen LogP contribution in [-0.4, -0.2) is 33.5 Å². The predicted molar refractivity (Wildman–Crippen MR) is 41.2 cm³/mol. The molecule has 0 spiro atoms. The molecule has 12 heavy (non-hydrogen) atoms. The van der Waals surface area contributed by atoms with E-state index in [1.54, 1.807) is 0 Å². The molecule has 0 saturated carbocycles. The van der Waals surface area contributed by atoms with Crippen molar-refractivity contribution in [2.24, 2.45) is 4.99 Å². The van der Waals surface area contributed by atoms with Gasteiger partial charge in [-0.05, 0) is 0 Å². The largest absolute Gasteiger partial charge is 0.348 e. The standard InChI is InChI=1S/C5H6N6O/c6-1-7-2-9-5(12)11-4-8-3-10-11/h1-4H,(H2,6,7,9,12). The number of nitrogens with zero attached hydrogens (tertiary/aromatic N) is 4. The Balaban J connectivity index is 2.50. The SMILES string of the molecule is N=C/N=C\NC(=O)n1cncn1. The van der Waals surface area contributed by atoms with Crippen LogP contribution in [0.2, 0.25) is 0 Å². The minimum atomic E-state index is -0.474. The fourth-order valence-electron chi connectivity index (χ4n) is 0.509. The van der Waals surface area contributed by atoms with Gasteiger partial charge in [-0.25, -0.2) is 14.8 Å². The third-order valence-electron chi connectivity index (χ3n) is 0.964. The van der Waals surface area contributed by atoms with Gasteiger partial charge in [0.1, 0.15) is 19.0 Å². The monoisotopic (exact) mass is 166 g/mol. The maximum atomic E-state index is 11.0. The van der Waals surface area contributed by atoms with Crippen LogP contribution in [0.25, 0.3) is 0 Å². The number of nitrogens with one attached hydrogen (secondary N) is 2. The van der Waals surface area contributed by atoms with Crippen LogP contribution < -0.4 is 5.32 Å². The van der Waals surface area contributed by atoms with Gasteiger partial charge in [0.25, 0.3) is 0 Å². The highest BCUT2D eigenvalue weighted by Gasteiger charge is 1.99. The first kappa shape index (κ1) is 8.05. The maximum absolute atomic E-state index is 11.0. The van der Waals surface area contributed by atoms with Gasteiger partial charge in [-0.2, -0.15) is 9.78 Å². The van der Waals surface area contributed by atoms with Gasteiger partial charge in [0.15, 0.2) is 0 Å². The summed E-state index contributed by atoms with van der Waals surface area (Å²) in [5.41, 5.74) is 0. The zero-order valence-electron chi connectivity index (χ0n) is 6.01. The van der Waals surface area contributed by atoms with Crippen LogP contribution in [0.1, 0.15) is 0 Å². The summed E-state index contributed by atoms with van der Waals surface area (Å²) in [5.74, 6) is 0. The summed E-state index contributed by atoms with van der Waals surface area (Å²) < 4.78 is 1.01. The summed E-state index contributed by atoms with van der Waals surface area (Å²) in [4.78, 5) is 17.9. The zero-order valence-corrected chi connectivity index (χ0v) is 6.01. The Kier molecular flexibility index (Phi) is 2.66. The Hall–Kier alpha value is -2.05. The molecular formula is C5H6N6O. The molecule has 0 fully saturated rings. The third-order valence-corrected chi connectivity index (χ3v) is 0.964. The van der Waals surface area contributed by atoms with Crippen LogP contribution in [0.15, 0.2) is 17.6 Å². The lowest BCUT2D eigenvalue weighted by Crippen LogP contribution is -2.27. The highest BCUT2D eigenvalue weighted by atomic mass is 16.2. The number of aliphatic imine (C=N–C) groups is 1. The van der Waals surface area contributed by atoms with E-state index in [1.807, 2.05) is 0 Å². The Morgan fingerprint density at radius 2 is 2.58 bits per heavy atom. The Morgan fingerprint density at radius 1 is 1.75 bits per heavy atom. The normalized spacial score (nSPS) is 10.0. The van der Waals surface area contributed by atoms with Gasteiger partial charge >= 0.3 is 6.03 Å². The van der Waals surface area contributed by atoms with E-state index in [9.17, 15) is 4.79 Å². The molecule has 0 aromatic carbocycles. The van der Waals surface area contributed by atoms with Crippen LogP contribution in [0.3, 0.4) is 0 Å². The summed E-state index contributed by atoms with van der Waals surface area (Å²) >= 11 is 0. The number of hydrogen-bond donors (Lipinski definition) is 2. The number of carbonyl (C=O) groups is 1. The predicted octanol–water partition coefficient (Wildman–Crippen LogP) is -0.529. The summed E-state index contributed by atoms with van der Waals surface area (Å²) in [6.07, 6.45) is 4.40. The van der Waals surface area contributed by atoms with Gasteiger partial charge in [-0.1, -0.05) is 0 Å². The third kappa shape index (κ3) is 1.97. The average molecular weight is 166 g/mol. The molecule has 0 unspecified atom stereocenters. The van der Waals surface area contributed by atoms with Gasteiger partial charge in [0.2, 0.25) is 0 Å². The molecule has 0 aliphatic carbocycles. The summed E-state index contributed by atoms with van der Waals surface area (Å²) in [5, 5.41) is 12.3. The molecule has 7 nitrogen and oxygen atoms in total. The minimum absolute atomic E-state index is 0.474. The maximum Gasteiger partial charge on any atom is 0.348 e. The highest BCUT2D eigenvalue weighted by molar-refractivity contribution is 5.88. The summed E-state index contributed by atoms with van der Waals surface area (Å²) in [6.45, 7) is 0. The molecule has 0 saturated heterocycles. The van der Waals surface area contributed by atoms with Gasteiger partial charge in [0, 0.05) is 0 Å². The van der Waals surface area contributed by atoms with Gasteiger partial charge in [-0.3, -0.25) is 10.7 Å². The van der Waals surface area contributed by atoms with Crippen LogP contribution in [0.4, 0.5) is 4.79 Å². The molecule has 1 aromatic rings. The van der Waals surface area contributed by atoms with Crippen molar-refractivity contribution in [1.82, 2.24) is 20.1 Å². The van der Waals surface area contributed by atoms with E-state index in [0.29, 0.717) is 0 Å². The first-order valence-corrected chi connectivity index (χ1v) is 3.00. The van der Waals surface area contributed by atoms with Crippen LogP contribution in [0.5, 0.6) is 0 Å². The van der Waals surface area contributed by atoms with E-state index >= 15 is 0 Å². The van der Waals surface area contributed by atoms with E-state index in [1.165, 1.54) is 12.7 Å². The second kappa shape index (κ2) is 3.96. The first-order chi connectivity index (χ1) is 5.84. The van der Waals surface area contributed by atoms with E-state index < -0.39 is 6.03 Å². The Bertz CT molecular complexity index is 289. The van der Waals surface area contributed by atoms with E-state index in [0.717, 1.165) is 17.4 Å². The number of amides is 1. The van der Waals surface area contributed by atoms with Crippen molar-refractivity contribution >= 4 is 18.7 Å². The molecule has 62 valence electrons.